The smallest absolute Gasteiger partial charge is 0.306 e. The summed E-state index contributed by atoms with van der Waals surface area (Å²) in [6.07, 6.45) is 49.1. The number of aliphatic hydroxyl groups excluding tert-OH is 1. The third kappa shape index (κ3) is 33.9. The molecule has 4 nitrogen and oxygen atoms in total. The molecule has 1 atom stereocenters. The average Bonchev–Trinajstić information content (AvgIpc) is 3.01. The number of unbranched alkanes of at least 4 members (excludes halogenated alkanes) is 8. The predicted octanol–water partition coefficient (Wildman–Crippen LogP) is 10.9. The van der Waals surface area contributed by atoms with Crippen LogP contribution in [0.2, 0.25) is 0 Å². The molecule has 0 fully saturated rings. The van der Waals surface area contributed by atoms with Gasteiger partial charge in [0.15, 0.2) is 0 Å². The Hall–Kier alpha value is -2.43. The van der Waals surface area contributed by atoms with Gasteiger partial charge in [0.05, 0.1) is 13.2 Å². The Morgan fingerprint density at radius 1 is 0.581 bits per heavy atom. The zero-order valence-electron chi connectivity index (χ0n) is 27.7. The van der Waals surface area contributed by atoms with Gasteiger partial charge in [0, 0.05) is 13.0 Å². The molecule has 0 aromatic carbocycles. The SMILES string of the molecule is CC/C=C\C/C=C\C/C=C\C/C=C\C/C=C\C/C=C\CCCOCC(CO)OC(=O)CCCCCCC/C=C\CCCC. The van der Waals surface area contributed by atoms with E-state index in [1.807, 2.05) is 0 Å². The van der Waals surface area contributed by atoms with Gasteiger partial charge in [0.1, 0.15) is 6.10 Å². The first-order valence-electron chi connectivity index (χ1n) is 17.2. The van der Waals surface area contributed by atoms with Crippen molar-refractivity contribution in [1.29, 1.82) is 0 Å². The van der Waals surface area contributed by atoms with E-state index in [4.69, 9.17) is 9.47 Å². The van der Waals surface area contributed by atoms with Crippen LogP contribution in [0.4, 0.5) is 0 Å². The molecule has 1 N–H and O–H groups in total. The van der Waals surface area contributed by atoms with E-state index in [-0.39, 0.29) is 19.2 Å². The lowest BCUT2D eigenvalue weighted by Gasteiger charge is -2.15. The summed E-state index contributed by atoms with van der Waals surface area (Å²) in [5.74, 6) is -0.237. The molecule has 0 rings (SSSR count). The molecule has 0 aromatic heterocycles. The number of ether oxygens (including phenoxy) is 2. The second-order valence-corrected chi connectivity index (χ2v) is 10.8. The third-order valence-electron chi connectivity index (χ3n) is 6.70. The van der Waals surface area contributed by atoms with Crippen LogP contribution in [0.25, 0.3) is 0 Å². The number of carbonyl (C=O) groups excluding carboxylic acids is 1. The molecule has 0 aliphatic carbocycles. The molecule has 0 heterocycles. The van der Waals surface area contributed by atoms with Crippen LogP contribution in [0, 0.1) is 0 Å². The van der Waals surface area contributed by atoms with Crippen molar-refractivity contribution >= 4 is 5.97 Å². The first kappa shape index (κ1) is 40.6. The molecule has 0 saturated carbocycles. The highest BCUT2D eigenvalue weighted by molar-refractivity contribution is 5.69. The third-order valence-corrected chi connectivity index (χ3v) is 6.70. The van der Waals surface area contributed by atoms with Gasteiger partial charge in [-0.3, -0.25) is 4.79 Å². The number of aliphatic hydroxyl groups is 1. The fourth-order valence-corrected chi connectivity index (χ4v) is 4.15. The largest absolute Gasteiger partial charge is 0.457 e. The molecule has 0 radical (unpaired) electrons. The van der Waals surface area contributed by atoms with Crippen LogP contribution in [-0.2, 0) is 14.3 Å². The highest BCUT2D eigenvalue weighted by Crippen LogP contribution is 2.10. The Morgan fingerprint density at radius 2 is 1.05 bits per heavy atom. The van der Waals surface area contributed by atoms with Crippen molar-refractivity contribution in [1.82, 2.24) is 0 Å². The maximum atomic E-state index is 12.1. The Labute approximate surface area is 265 Å². The maximum Gasteiger partial charge on any atom is 0.306 e. The van der Waals surface area contributed by atoms with E-state index in [2.05, 4.69) is 98.9 Å². The van der Waals surface area contributed by atoms with Crippen molar-refractivity contribution in [2.45, 2.75) is 136 Å². The molecular weight excluding hydrogens is 532 g/mol. The minimum atomic E-state index is -0.571. The van der Waals surface area contributed by atoms with E-state index in [1.54, 1.807) is 0 Å². The van der Waals surface area contributed by atoms with Crippen LogP contribution in [0.15, 0.2) is 85.1 Å². The fraction of sp³-hybridized carbons (Fsp3) is 0.615. The summed E-state index contributed by atoms with van der Waals surface area (Å²) in [6, 6.07) is 0. The zero-order valence-corrected chi connectivity index (χ0v) is 27.7. The zero-order chi connectivity index (χ0) is 31.3. The number of rotatable bonds is 30. The van der Waals surface area contributed by atoms with Crippen molar-refractivity contribution in [2.75, 3.05) is 19.8 Å². The quantitative estimate of drug-likeness (QED) is 0.0509. The minimum absolute atomic E-state index is 0.204. The number of hydrogen-bond acceptors (Lipinski definition) is 4. The van der Waals surface area contributed by atoms with E-state index in [1.165, 1.54) is 32.1 Å². The van der Waals surface area contributed by atoms with Crippen LogP contribution in [0.1, 0.15) is 129 Å². The highest BCUT2D eigenvalue weighted by atomic mass is 16.6. The second kappa shape index (κ2) is 35.8. The van der Waals surface area contributed by atoms with Gasteiger partial charge >= 0.3 is 5.97 Å². The maximum absolute atomic E-state index is 12.1. The molecule has 244 valence electrons. The average molecular weight is 597 g/mol. The van der Waals surface area contributed by atoms with Crippen molar-refractivity contribution in [2.24, 2.45) is 0 Å². The normalized spacial score (nSPS) is 13.5. The summed E-state index contributed by atoms with van der Waals surface area (Å²) in [6.45, 7) is 5.01. The van der Waals surface area contributed by atoms with Crippen LogP contribution in [-0.4, -0.2) is 37.0 Å². The van der Waals surface area contributed by atoms with Gasteiger partial charge in [-0.2, -0.15) is 0 Å². The van der Waals surface area contributed by atoms with Crippen molar-refractivity contribution < 1.29 is 19.4 Å². The standard InChI is InChI=1S/C39H64O4/c1-3-5-7-9-11-13-15-16-17-18-19-20-21-22-23-25-27-29-31-33-35-42-37-38(36-40)43-39(41)34-32-30-28-26-24-14-12-10-8-6-4-2/h5,7,10-13,16-17,19-20,22-23,27,29,38,40H,3-4,6,8-9,14-15,18,21,24-26,28,30-37H2,1-2H3/b7-5-,12-10-,13-11-,17-16-,20-19-,23-22-,29-27-. The van der Waals surface area contributed by atoms with Crippen molar-refractivity contribution in [3.8, 4) is 0 Å². The van der Waals surface area contributed by atoms with Crippen LogP contribution in [0.3, 0.4) is 0 Å². The number of allylic oxidation sites excluding steroid dienone is 14. The Kier molecular flexibility index (Phi) is 33.7. The summed E-state index contributed by atoms with van der Waals surface area (Å²) >= 11 is 0. The van der Waals surface area contributed by atoms with Gasteiger partial charge in [-0.05, 0) is 77.0 Å². The Morgan fingerprint density at radius 3 is 1.60 bits per heavy atom. The Balaban J connectivity index is 3.64. The molecule has 43 heavy (non-hydrogen) atoms. The minimum Gasteiger partial charge on any atom is -0.457 e. The van der Waals surface area contributed by atoms with E-state index < -0.39 is 6.10 Å². The van der Waals surface area contributed by atoms with Crippen LogP contribution >= 0.6 is 0 Å². The van der Waals surface area contributed by atoms with Crippen molar-refractivity contribution in [3.63, 3.8) is 0 Å². The molecule has 4 heteroatoms. The number of carbonyl (C=O) groups is 1. The van der Waals surface area contributed by atoms with Gasteiger partial charge < -0.3 is 14.6 Å². The molecule has 0 bridgehead atoms. The van der Waals surface area contributed by atoms with E-state index in [0.717, 1.165) is 77.0 Å². The molecule has 0 saturated heterocycles. The van der Waals surface area contributed by atoms with E-state index in [0.29, 0.717) is 13.0 Å². The molecule has 0 amide bonds. The topological polar surface area (TPSA) is 55.8 Å². The lowest BCUT2D eigenvalue weighted by molar-refractivity contribution is -0.154. The summed E-state index contributed by atoms with van der Waals surface area (Å²) in [7, 11) is 0. The van der Waals surface area contributed by atoms with Gasteiger partial charge in [0.2, 0.25) is 0 Å². The first-order chi connectivity index (χ1) is 21.2. The molecule has 0 aliphatic heterocycles. The Bertz CT molecular complexity index is 800. The summed E-state index contributed by atoms with van der Waals surface area (Å²) in [5.41, 5.74) is 0. The van der Waals surface area contributed by atoms with Crippen LogP contribution in [0.5, 0.6) is 0 Å². The molecule has 0 aromatic rings. The van der Waals surface area contributed by atoms with E-state index in [9.17, 15) is 9.90 Å². The summed E-state index contributed by atoms with van der Waals surface area (Å²) in [4.78, 5) is 12.1. The van der Waals surface area contributed by atoms with Gasteiger partial charge in [-0.15, -0.1) is 0 Å². The van der Waals surface area contributed by atoms with Crippen LogP contribution < -0.4 is 0 Å². The van der Waals surface area contributed by atoms with Gasteiger partial charge in [0.25, 0.3) is 0 Å². The molecule has 0 aliphatic rings. The number of esters is 1. The fourth-order valence-electron chi connectivity index (χ4n) is 4.15. The van der Waals surface area contributed by atoms with Gasteiger partial charge in [-0.1, -0.05) is 131 Å². The molecular formula is C39H64O4. The highest BCUT2D eigenvalue weighted by Gasteiger charge is 2.13. The molecule has 1 unspecified atom stereocenters. The lowest BCUT2D eigenvalue weighted by atomic mass is 10.1. The summed E-state index contributed by atoms with van der Waals surface area (Å²) < 4.78 is 11.0. The monoisotopic (exact) mass is 596 g/mol. The molecule has 0 spiro atoms. The number of hydrogen-bond donors (Lipinski definition) is 1. The van der Waals surface area contributed by atoms with Gasteiger partial charge in [-0.25, -0.2) is 0 Å². The van der Waals surface area contributed by atoms with E-state index >= 15 is 0 Å². The first-order valence-corrected chi connectivity index (χ1v) is 17.2. The summed E-state index contributed by atoms with van der Waals surface area (Å²) in [5, 5.41) is 9.52. The predicted molar refractivity (Wildman–Crippen MR) is 186 cm³/mol. The second-order valence-electron chi connectivity index (χ2n) is 10.8. The van der Waals surface area contributed by atoms with Crippen molar-refractivity contribution in [3.05, 3.63) is 85.1 Å². The lowest BCUT2D eigenvalue weighted by Crippen LogP contribution is -2.27.